The summed E-state index contributed by atoms with van der Waals surface area (Å²) in [7, 11) is 0. The summed E-state index contributed by atoms with van der Waals surface area (Å²) in [6.45, 7) is 6.11. The van der Waals surface area contributed by atoms with Crippen LogP contribution < -0.4 is 5.69 Å². The van der Waals surface area contributed by atoms with Crippen molar-refractivity contribution in [1.29, 1.82) is 0 Å². The molecule has 21 heavy (non-hydrogen) atoms. The Hall–Kier alpha value is -2.10. The molecule has 0 amide bonds. The summed E-state index contributed by atoms with van der Waals surface area (Å²) in [5.74, 6) is -0.0401. The fourth-order valence-electron chi connectivity index (χ4n) is 2.33. The number of carbonyl (C=O) groups excluding carboxylic acids is 1. The second-order valence-corrected chi connectivity index (χ2v) is 5.58. The zero-order chi connectivity index (χ0) is 15.4. The first-order valence-corrected chi connectivity index (χ1v) is 7.42. The molecule has 0 aliphatic rings. The number of aromatic nitrogens is 2. The van der Waals surface area contributed by atoms with Crippen LogP contribution in [-0.2, 0) is 13.0 Å². The van der Waals surface area contributed by atoms with Crippen LogP contribution >= 0.6 is 0 Å². The van der Waals surface area contributed by atoms with Crippen molar-refractivity contribution in [3.63, 3.8) is 0 Å². The molecule has 2 rings (SSSR count). The number of rotatable bonds is 6. The fraction of sp³-hybridized carbons (Fsp3) is 0.412. The van der Waals surface area contributed by atoms with Gasteiger partial charge in [0.25, 0.3) is 0 Å². The summed E-state index contributed by atoms with van der Waals surface area (Å²) in [4.78, 5) is 24.3. The highest BCUT2D eigenvalue weighted by atomic mass is 16.2. The normalized spacial score (nSPS) is 11.0. The zero-order valence-corrected chi connectivity index (χ0v) is 12.9. The topological polar surface area (TPSA) is 44.0 Å². The van der Waals surface area contributed by atoms with E-state index in [1.807, 2.05) is 38.1 Å². The van der Waals surface area contributed by atoms with Crippen LogP contribution in [0.25, 0.3) is 0 Å². The summed E-state index contributed by atoms with van der Waals surface area (Å²) in [5, 5.41) is 0. The minimum Gasteiger partial charge on any atom is -0.297 e. The molecule has 4 heteroatoms. The molecule has 0 aliphatic carbocycles. The molecule has 0 atom stereocenters. The number of benzene rings is 1. The molecule has 0 saturated heterocycles. The standard InChI is InChI=1S/C17H22N2O2/c1-4-5-14-6-8-15(9-7-14)16(20)12-18-10-11-19(13(2)3)17(18)21/h6-11,13H,4-5,12H2,1-3H3. The van der Waals surface area contributed by atoms with Crippen LogP contribution in [0, 0.1) is 0 Å². The maximum Gasteiger partial charge on any atom is 0.328 e. The number of imidazole rings is 1. The van der Waals surface area contributed by atoms with E-state index in [4.69, 9.17) is 0 Å². The first-order chi connectivity index (χ1) is 10.0. The van der Waals surface area contributed by atoms with Gasteiger partial charge in [-0.1, -0.05) is 37.6 Å². The van der Waals surface area contributed by atoms with Crippen LogP contribution in [0.3, 0.4) is 0 Å². The lowest BCUT2D eigenvalue weighted by atomic mass is 10.1. The predicted molar refractivity (Wildman–Crippen MR) is 83.8 cm³/mol. The van der Waals surface area contributed by atoms with Gasteiger partial charge in [-0.3, -0.25) is 13.9 Å². The van der Waals surface area contributed by atoms with Crippen molar-refractivity contribution in [1.82, 2.24) is 9.13 Å². The van der Waals surface area contributed by atoms with E-state index < -0.39 is 0 Å². The average Bonchev–Trinajstić information content (AvgIpc) is 2.81. The number of hydrogen-bond donors (Lipinski definition) is 0. The number of ketones is 1. The minimum atomic E-state index is -0.138. The largest absolute Gasteiger partial charge is 0.328 e. The molecule has 0 unspecified atom stereocenters. The third-order valence-electron chi connectivity index (χ3n) is 3.56. The molecule has 0 fully saturated rings. The van der Waals surface area contributed by atoms with Crippen molar-refractivity contribution >= 4 is 5.78 Å². The van der Waals surface area contributed by atoms with Gasteiger partial charge in [-0.15, -0.1) is 0 Å². The lowest BCUT2D eigenvalue weighted by Gasteiger charge is -2.05. The maximum atomic E-state index is 12.2. The molecular formula is C17H22N2O2. The summed E-state index contributed by atoms with van der Waals surface area (Å²) >= 11 is 0. The van der Waals surface area contributed by atoms with Gasteiger partial charge in [0.1, 0.15) is 0 Å². The van der Waals surface area contributed by atoms with Gasteiger partial charge in [-0.25, -0.2) is 4.79 Å². The van der Waals surface area contributed by atoms with Crippen molar-refractivity contribution < 1.29 is 4.79 Å². The molecule has 0 radical (unpaired) electrons. The summed E-state index contributed by atoms with van der Waals surface area (Å²) in [6.07, 6.45) is 5.51. The smallest absolute Gasteiger partial charge is 0.297 e. The van der Waals surface area contributed by atoms with E-state index >= 15 is 0 Å². The molecule has 112 valence electrons. The molecule has 0 N–H and O–H groups in total. The van der Waals surface area contributed by atoms with Gasteiger partial charge in [0, 0.05) is 24.0 Å². The summed E-state index contributed by atoms with van der Waals surface area (Å²) < 4.78 is 3.08. The first kappa shape index (κ1) is 15.3. The highest BCUT2D eigenvalue weighted by molar-refractivity contribution is 5.95. The second kappa shape index (κ2) is 6.57. The van der Waals surface area contributed by atoms with E-state index in [1.165, 1.54) is 10.1 Å². The summed E-state index contributed by atoms with van der Waals surface area (Å²) in [6, 6.07) is 7.76. The first-order valence-electron chi connectivity index (χ1n) is 7.42. The Balaban J connectivity index is 2.12. The lowest BCUT2D eigenvalue weighted by molar-refractivity contribution is 0.0970. The van der Waals surface area contributed by atoms with Crippen molar-refractivity contribution in [2.45, 2.75) is 46.2 Å². The molecule has 0 aliphatic heterocycles. The highest BCUT2D eigenvalue weighted by Gasteiger charge is 2.11. The van der Waals surface area contributed by atoms with E-state index in [-0.39, 0.29) is 24.1 Å². The van der Waals surface area contributed by atoms with Crippen LogP contribution in [0.1, 0.15) is 49.2 Å². The fourth-order valence-corrected chi connectivity index (χ4v) is 2.33. The number of hydrogen-bond acceptors (Lipinski definition) is 2. The van der Waals surface area contributed by atoms with Crippen molar-refractivity contribution in [2.75, 3.05) is 0 Å². The van der Waals surface area contributed by atoms with E-state index in [2.05, 4.69) is 6.92 Å². The molecule has 1 heterocycles. The van der Waals surface area contributed by atoms with Gasteiger partial charge in [-0.05, 0) is 25.8 Å². The molecule has 0 bridgehead atoms. The third kappa shape index (κ3) is 3.51. The van der Waals surface area contributed by atoms with Crippen molar-refractivity contribution in [2.24, 2.45) is 0 Å². The second-order valence-electron chi connectivity index (χ2n) is 5.58. The van der Waals surface area contributed by atoms with Crippen LogP contribution in [0.5, 0.6) is 0 Å². The van der Waals surface area contributed by atoms with Crippen LogP contribution in [0.15, 0.2) is 41.5 Å². The van der Waals surface area contributed by atoms with Crippen LogP contribution in [-0.4, -0.2) is 14.9 Å². The van der Waals surface area contributed by atoms with E-state index in [1.54, 1.807) is 17.0 Å². The Morgan fingerprint density at radius 3 is 2.33 bits per heavy atom. The SMILES string of the molecule is CCCc1ccc(C(=O)Cn2ccn(C(C)C)c2=O)cc1. The Kier molecular flexibility index (Phi) is 4.78. The Morgan fingerprint density at radius 2 is 1.81 bits per heavy atom. The van der Waals surface area contributed by atoms with E-state index in [0.717, 1.165) is 12.8 Å². The number of Topliss-reactive ketones (excluding diaryl/α,β-unsaturated/α-hetero) is 1. The van der Waals surface area contributed by atoms with Crippen molar-refractivity contribution in [3.05, 3.63) is 58.3 Å². The van der Waals surface area contributed by atoms with Gasteiger partial charge in [0.05, 0.1) is 6.54 Å². The lowest BCUT2D eigenvalue weighted by Crippen LogP contribution is -2.27. The number of aryl methyl sites for hydroxylation is 1. The minimum absolute atomic E-state index is 0.0401. The van der Waals surface area contributed by atoms with E-state index in [9.17, 15) is 9.59 Å². The molecule has 1 aromatic carbocycles. The molecule has 0 saturated carbocycles. The molecule has 0 spiro atoms. The third-order valence-corrected chi connectivity index (χ3v) is 3.56. The van der Waals surface area contributed by atoms with Gasteiger partial charge in [-0.2, -0.15) is 0 Å². The van der Waals surface area contributed by atoms with Crippen LogP contribution in [0.2, 0.25) is 0 Å². The van der Waals surface area contributed by atoms with E-state index in [0.29, 0.717) is 5.56 Å². The maximum absolute atomic E-state index is 12.2. The highest BCUT2D eigenvalue weighted by Crippen LogP contribution is 2.08. The van der Waals surface area contributed by atoms with Crippen LogP contribution in [0.4, 0.5) is 0 Å². The van der Waals surface area contributed by atoms with Crippen molar-refractivity contribution in [3.8, 4) is 0 Å². The van der Waals surface area contributed by atoms with Gasteiger partial charge < -0.3 is 0 Å². The molecular weight excluding hydrogens is 264 g/mol. The quantitative estimate of drug-likeness (QED) is 0.766. The summed E-state index contributed by atoms with van der Waals surface area (Å²) in [5.41, 5.74) is 1.75. The number of nitrogens with zero attached hydrogens (tertiary/aromatic N) is 2. The predicted octanol–water partition coefficient (Wildman–Crippen LogP) is 3.07. The zero-order valence-electron chi connectivity index (χ0n) is 12.9. The molecule has 1 aromatic heterocycles. The van der Waals surface area contributed by atoms with Gasteiger partial charge in [0.2, 0.25) is 0 Å². The Labute approximate surface area is 125 Å². The molecule has 4 nitrogen and oxygen atoms in total. The average molecular weight is 286 g/mol. The van der Waals surface area contributed by atoms with Gasteiger partial charge in [0.15, 0.2) is 5.78 Å². The molecule has 2 aromatic rings. The monoisotopic (exact) mass is 286 g/mol. The number of carbonyl (C=O) groups is 1. The Morgan fingerprint density at radius 1 is 1.14 bits per heavy atom. The Bertz CT molecular complexity index is 663. The van der Waals surface area contributed by atoms with Gasteiger partial charge >= 0.3 is 5.69 Å².